The van der Waals surface area contributed by atoms with Crippen molar-refractivity contribution in [2.45, 2.75) is 108 Å². The Morgan fingerprint density at radius 2 is 1.18 bits per heavy atom. The number of fused-ring (bicyclic) bond motifs is 4. The molecule has 0 saturated heterocycles. The maximum atomic E-state index is 2.76. The van der Waals surface area contributed by atoms with Gasteiger partial charge in [0.25, 0.3) is 0 Å². The maximum Gasteiger partial charge on any atom is -0.00848 e. The maximum absolute atomic E-state index is 2.76. The van der Waals surface area contributed by atoms with Crippen LogP contribution in [0.15, 0.2) is 90.1 Å². The van der Waals surface area contributed by atoms with Crippen LogP contribution in [0.1, 0.15) is 114 Å². The normalized spacial score (nSPS) is 31.9. The van der Waals surface area contributed by atoms with Crippen molar-refractivity contribution in [3.63, 3.8) is 0 Å². The number of allylic oxidation sites excluding steroid dienone is 8. The SMILES string of the molecule is CC1CC(C(C)(C)C)CC1[C@@H](c1cccc2ccccc12)C1C2C=C(C(C)(C)C)C=CC2C2C=CC(C(C)(C)C)=CC21.CCC. The van der Waals surface area contributed by atoms with Crippen LogP contribution in [0.25, 0.3) is 10.8 Å². The predicted molar refractivity (Wildman–Crippen MR) is 198 cm³/mol. The smallest absolute Gasteiger partial charge is 0.00848 e. The van der Waals surface area contributed by atoms with Crippen LogP contribution in [0.5, 0.6) is 0 Å². The van der Waals surface area contributed by atoms with Gasteiger partial charge in [0.2, 0.25) is 0 Å². The quantitative estimate of drug-likeness (QED) is 0.327. The zero-order chi connectivity index (χ0) is 32.9. The minimum absolute atomic E-state index is 0.162. The van der Waals surface area contributed by atoms with Gasteiger partial charge in [0.1, 0.15) is 0 Å². The highest BCUT2D eigenvalue weighted by atomic mass is 14.6. The second-order valence-electron chi connectivity index (χ2n) is 18.3. The van der Waals surface area contributed by atoms with Crippen molar-refractivity contribution in [3.8, 4) is 0 Å². The van der Waals surface area contributed by atoms with Crippen LogP contribution in [0.2, 0.25) is 0 Å². The van der Waals surface area contributed by atoms with E-state index in [1.54, 1.807) is 5.56 Å². The highest BCUT2D eigenvalue weighted by molar-refractivity contribution is 5.86. The highest BCUT2D eigenvalue weighted by Gasteiger charge is 2.55. The molecule has 2 aromatic rings. The Bertz CT molecular complexity index is 1400. The Hall–Kier alpha value is -2.34. The van der Waals surface area contributed by atoms with Gasteiger partial charge < -0.3 is 0 Å². The molecule has 45 heavy (non-hydrogen) atoms. The van der Waals surface area contributed by atoms with E-state index in [0.717, 1.165) is 11.8 Å². The molecule has 0 bridgehead atoms. The first-order valence-electron chi connectivity index (χ1n) is 18.3. The molecule has 0 heteroatoms. The molecule has 0 radical (unpaired) electrons. The molecule has 0 heterocycles. The molecule has 4 aliphatic carbocycles. The molecule has 0 N–H and O–H groups in total. The van der Waals surface area contributed by atoms with E-state index < -0.39 is 0 Å². The zero-order valence-electron chi connectivity index (χ0n) is 30.8. The highest BCUT2D eigenvalue weighted by Crippen LogP contribution is 2.63. The number of hydrogen-bond donors (Lipinski definition) is 0. The van der Waals surface area contributed by atoms with Crippen molar-refractivity contribution in [3.05, 3.63) is 95.6 Å². The topological polar surface area (TPSA) is 0 Å². The summed E-state index contributed by atoms with van der Waals surface area (Å²) in [5, 5.41) is 2.88. The average Bonchev–Trinajstić information content (AvgIpc) is 3.51. The lowest BCUT2D eigenvalue weighted by atomic mass is 9.63. The minimum Gasteiger partial charge on any atom is -0.0799 e. The van der Waals surface area contributed by atoms with Gasteiger partial charge >= 0.3 is 0 Å². The lowest BCUT2D eigenvalue weighted by Crippen LogP contribution is -2.32. The van der Waals surface area contributed by atoms with E-state index in [4.69, 9.17) is 0 Å². The zero-order valence-corrected chi connectivity index (χ0v) is 30.8. The van der Waals surface area contributed by atoms with E-state index >= 15 is 0 Å². The van der Waals surface area contributed by atoms with Gasteiger partial charge in [-0.3, -0.25) is 0 Å². The molecule has 8 atom stereocenters. The molecule has 6 rings (SSSR count). The summed E-state index contributed by atoms with van der Waals surface area (Å²) in [6.45, 7) is 28.7. The molecule has 0 amide bonds. The summed E-state index contributed by atoms with van der Waals surface area (Å²) in [5.41, 5.74) is 5.35. The van der Waals surface area contributed by atoms with Gasteiger partial charge in [0, 0.05) is 0 Å². The molecular formula is C45H64. The van der Waals surface area contributed by atoms with Crippen molar-refractivity contribution in [2.24, 2.45) is 63.6 Å². The van der Waals surface area contributed by atoms with Crippen LogP contribution in [0, 0.1) is 63.6 Å². The van der Waals surface area contributed by atoms with Crippen LogP contribution in [0.3, 0.4) is 0 Å². The summed E-state index contributed by atoms with van der Waals surface area (Å²) in [6, 6.07) is 16.4. The van der Waals surface area contributed by atoms with Crippen LogP contribution in [-0.2, 0) is 0 Å². The van der Waals surface area contributed by atoms with Crippen LogP contribution in [-0.4, -0.2) is 0 Å². The molecule has 2 aromatic carbocycles. The fourth-order valence-electron chi connectivity index (χ4n) is 9.43. The molecule has 0 spiro atoms. The monoisotopic (exact) mass is 605 g/mol. The largest absolute Gasteiger partial charge is 0.0799 e. The standard InChI is InChI=1S/C42H56.C3H8/c1-26-22-30(42(8,9)10)25-35(26)38(34-17-13-15-27-14-11-12-16-31(27)34)39-36-23-28(40(2,3)4)18-20-32(36)33-21-19-29(24-37(33)39)41(5,6)7;1-3-2/h11-21,23-24,26,30,32-33,35-39H,22,25H2,1-10H3;3H2,1-2H3/t26?,30?,32?,33?,35?,36?,37?,38-,39?;/m1./s1. The molecule has 7 unspecified atom stereocenters. The summed E-state index contributed by atoms with van der Waals surface area (Å²) in [6.07, 6.45) is 19.7. The summed E-state index contributed by atoms with van der Waals surface area (Å²) < 4.78 is 0. The second kappa shape index (κ2) is 12.7. The molecule has 244 valence electrons. The molecule has 4 aliphatic rings. The van der Waals surface area contributed by atoms with Crippen molar-refractivity contribution >= 4 is 10.8 Å². The van der Waals surface area contributed by atoms with Gasteiger partial charge in [-0.25, -0.2) is 0 Å². The molecule has 0 aliphatic heterocycles. The first kappa shape index (κ1) is 34.0. The van der Waals surface area contributed by atoms with Gasteiger partial charge in [-0.1, -0.05) is 168 Å². The van der Waals surface area contributed by atoms with E-state index in [9.17, 15) is 0 Å². The summed E-state index contributed by atoms with van der Waals surface area (Å²) in [5.74, 6) is 5.59. The van der Waals surface area contributed by atoms with Gasteiger partial charge in [-0.2, -0.15) is 0 Å². The number of benzene rings is 2. The van der Waals surface area contributed by atoms with Gasteiger partial charge in [-0.05, 0) is 110 Å². The lowest BCUT2D eigenvalue weighted by molar-refractivity contribution is 0.195. The predicted octanol–water partition coefficient (Wildman–Crippen LogP) is 13.2. The molecule has 2 fully saturated rings. The van der Waals surface area contributed by atoms with Crippen LogP contribution >= 0.6 is 0 Å². The number of rotatable bonds is 3. The molecule has 0 nitrogen and oxygen atoms in total. The van der Waals surface area contributed by atoms with Crippen molar-refractivity contribution in [2.75, 3.05) is 0 Å². The van der Waals surface area contributed by atoms with E-state index in [0.29, 0.717) is 46.8 Å². The van der Waals surface area contributed by atoms with E-state index in [-0.39, 0.29) is 10.8 Å². The van der Waals surface area contributed by atoms with E-state index in [2.05, 4.69) is 162 Å². The Morgan fingerprint density at radius 3 is 1.67 bits per heavy atom. The Morgan fingerprint density at radius 1 is 0.667 bits per heavy atom. The third-order valence-electron chi connectivity index (χ3n) is 11.9. The second-order valence-corrected chi connectivity index (χ2v) is 18.3. The van der Waals surface area contributed by atoms with Crippen LogP contribution in [0.4, 0.5) is 0 Å². The van der Waals surface area contributed by atoms with Crippen molar-refractivity contribution in [1.82, 2.24) is 0 Å². The van der Waals surface area contributed by atoms with Crippen molar-refractivity contribution in [1.29, 1.82) is 0 Å². The number of hydrogen-bond acceptors (Lipinski definition) is 0. The fourth-order valence-corrected chi connectivity index (χ4v) is 9.43. The average molecular weight is 605 g/mol. The Labute approximate surface area is 277 Å². The molecule has 0 aromatic heterocycles. The minimum atomic E-state index is 0.162. The third-order valence-corrected chi connectivity index (χ3v) is 11.9. The van der Waals surface area contributed by atoms with Gasteiger partial charge in [0.15, 0.2) is 0 Å². The van der Waals surface area contributed by atoms with Crippen LogP contribution < -0.4 is 0 Å². The first-order chi connectivity index (χ1) is 21.1. The Kier molecular flexibility index (Phi) is 9.59. The van der Waals surface area contributed by atoms with E-state index in [1.165, 1.54) is 41.2 Å². The molecular weight excluding hydrogens is 540 g/mol. The van der Waals surface area contributed by atoms with Gasteiger partial charge in [-0.15, -0.1) is 0 Å². The summed E-state index contributed by atoms with van der Waals surface area (Å²) in [7, 11) is 0. The van der Waals surface area contributed by atoms with Crippen molar-refractivity contribution < 1.29 is 0 Å². The fraction of sp³-hybridized carbons (Fsp3) is 0.600. The first-order valence-corrected chi connectivity index (χ1v) is 18.3. The summed E-state index contributed by atoms with van der Waals surface area (Å²) in [4.78, 5) is 0. The third kappa shape index (κ3) is 6.73. The Balaban J connectivity index is 0.00000128. The summed E-state index contributed by atoms with van der Waals surface area (Å²) >= 11 is 0. The molecule has 2 saturated carbocycles. The van der Waals surface area contributed by atoms with E-state index in [1.807, 2.05) is 0 Å². The van der Waals surface area contributed by atoms with Gasteiger partial charge in [0.05, 0.1) is 0 Å². The lowest BCUT2D eigenvalue weighted by Gasteiger charge is -2.41.